The highest BCUT2D eigenvalue weighted by Crippen LogP contribution is 2.30. The first-order valence-corrected chi connectivity index (χ1v) is 8.10. The van der Waals surface area contributed by atoms with Crippen LogP contribution in [-0.2, 0) is 18.3 Å². The van der Waals surface area contributed by atoms with E-state index in [1.165, 1.54) is 30.1 Å². The molecule has 0 saturated heterocycles. The molecule has 3 aromatic rings. The van der Waals surface area contributed by atoms with Crippen molar-refractivity contribution in [2.45, 2.75) is 12.8 Å². The molecule has 2 aromatic carbocycles. The average molecular weight is 395 g/mol. The predicted molar refractivity (Wildman–Crippen MR) is 92.3 cm³/mol. The van der Waals surface area contributed by atoms with Gasteiger partial charge in [0, 0.05) is 30.1 Å². The first kappa shape index (κ1) is 19.5. The van der Waals surface area contributed by atoms with E-state index in [1.54, 1.807) is 12.1 Å². The Morgan fingerprint density at radius 1 is 1.14 bits per heavy atom. The standard InChI is InChI=1S/C19H14F5N3O/c1-27-9-11(18(26-27)19(23)24)8-16(28)25-15-5-3-2-4-12(15)10-6-13(20)17(22)14(21)7-10/h2-7,9,19H,8H2,1H3,(H,25,28). The topological polar surface area (TPSA) is 46.9 Å². The first-order valence-electron chi connectivity index (χ1n) is 8.10. The van der Waals surface area contributed by atoms with Gasteiger partial charge in [0.05, 0.1) is 6.42 Å². The van der Waals surface area contributed by atoms with Crippen LogP contribution in [0.25, 0.3) is 11.1 Å². The zero-order chi connectivity index (χ0) is 20.4. The lowest BCUT2D eigenvalue weighted by Crippen LogP contribution is -2.15. The van der Waals surface area contributed by atoms with Gasteiger partial charge in [-0.15, -0.1) is 0 Å². The fourth-order valence-corrected chi connectivity index (χ4v) is 2.80. The minimum atomic E-state index is -2.83. The van der Waals surface area contributed by atoms with Gasteiger partial charge in [0.15, 0.2) is 17.5 Å². The number of alkyl halides is 2. The number of nitrogens with one attached hydrogen (secondary N) is 1. The molecule has 0 aliphatic heterocycles. The van der Waals surface area contributed by atoms with Crippen LogP contribution in [0.15, 0.2) is 42.6 Å². The van der Waals surface area contributed by atoms with Gasteiger partial charge in [-0.1, -0.05) is 18.2 Å². The van der Waals surface area contributed by atoms with Crippen LogP contribution in [0.5, 0.6) is 0 Å². The van der Waals surface area contributed by atoms with Crippen molar-refractivity contribution in [2.75, 3.05) is 5.32 Å². The zero-order valence-electron chi connectivity index (χ0n) is 14.5. The van der Waals surface area contributed by atoms with Crippen molar-refractivity contribution >= 4 is 11.6 Å². The second-order valence-electron chi connectivity index (χ2n) is 6.04. The Bertz CT molecular complexity index is 1010. The highest BCUT2D eigenvalue weighted by molar-refractivity contribution is 5.96. The van der Waals surface area contributed by atoms with E-state index in [0.29, 0.717) is 0 Å². The molecule has 0 aliphatic rings. The van der Waals surface area contributed by atoms with Gasteiger partial charge in [-0.2, -0.15) is 5.10 Å². The van der Waals surface area contributed by atoms with Crippen LogP contribution in [0.3, 0.4) is 0 Å². The molecule has 1 N–H and O–H groups in total. The van der Waals surface area contributed by atoms with Crippen LogP contribution in [-0.4, -0.2) is 15.7 Å². The molecule has 146 valence electrons. The third-order valence-electron chi connectivity index (χ3n) is 3.99. The molecule has 1 heterocycles. The van der Waals surface area contributed by atoms with Gasteiger partial charge in [0.25, 0.3) is 6.43 Å². The lowest BCUT2D eigenvalue weighted by Gasteiger charge is -2.12. The molecule has 1 amide bonds. The number of nitrogens with zero attached hydrogens (tertiary/aromatic N) is 2. The summed E-state index contributed by atoms with van der Waals surface area (Å²) in [7, 11) is 1.46. The smallest absolute Gasteiger partial charge is 0.282 e. The SMILES string of the molecule is Cn1cc(CC(=O)Nc2ccccc2-c2cc(F)c(F)c(F)c2)c(C(F)F)n1. The predicted octanol–water partition coefficient (Wildman–Crippen LogP) is 4.62. The molecule has 0 spiro atoms. The summed E-state index contributed by atoms with van der Waals surface area (Å²) in [4.78, 5) is 12.3. The number of halogens is 5. The number of aryl methyl sites for hydroxylation is 1. The number of carbonyl (C=O) groups excluding carboxylic acids is 1. The molecule has 0 aliphatic carbocycles. The summed E-state index contributed by atoms with van der Waals surface area (Å²) >= 11 is 0. The molecular formula is C19H14F5N3O. The second-order valence-corrected chi connectivity index (χ2v) is 6.04. The van der Waals surface area contributed by atoms with E-state index in [2.05, 4.69) is 10.4 Å². The van der Waals surface area contributed by atoms with Gasteiger partial charge in [-0.05, 0) is 23.8 Å². The highest BCUT2D eigenvalue weighted by atomic mass is 19.3. The fraction of sp³-hybridized carbons (Fsp3) is 0.158. The average Bonchev–Trinajstić information content (AvgIpc) is 3.00. The third-order valence-corrected chi connectivity index (χ3v) is 3.99. The minimum Gasteiger partial charge on any atom is -0.325 e. The summed E-state index contributed by atoms with van der Waals surface area (Å²) in [6.45, 7) is 0. The van der Waals surface area contributed by atoms with E-state index >= 15 is 0 Å². The molecule has 1 aromatic heterocycles. The molecule has 0 fully saturated rings. The molecule has 28 heavy (non-hydrogen) atoms. The fourth-order valence-electron chi connectivity index (χ4n) is 2.80. The monoisotopic (exact) mass is 395 g/mol. The van der Waals surface area contributed by atoms with Gasteiger partial charge < -0.3 is 5.32 Å². The molecule has 0 bridgehead atoms. The minimum absolute atomic E-state index is 0.0157. The Morgan fingerprint density at radius 2 is 1.79 bits per heavy atom. The summed E-state index contributed by atoms with van der Waals surface area (Å²) in [6.07, 6.45) is -1.88. The number of anilines is 1. The molecule has 0 radical (unpaired) electrons. The molecule has 0 saturated carbocycles. The van der Waals surface area contributed by atoms with Crippen LogP contribution < -0.4 is 5.32 Å². The number of amides is 1. The Morgan fingerprint density at radius 3 is 2.43 bits per heavy atom. The molecule has 3 rings (SSSR count). The Labute approximate surface area is 156 Å². The highest BCUT2D eigenvalue weighted by Gasteiger charge is 2.20. The van der Waals surface area contributed by atoms with E-state index in [0.717, 1.165) is 12.1 Å². The molecule has 9 heteroatoms. The number of benzene rings is 2. The largest absolute Gasteiger partial charge is 0.325 e. The van der Waals surface area contributed by atoms with Gasteiger partial charge in [-0.3, -0.25) is 9.48 Å². The molecule has 0 unspecified atom stereocenters. The second kappa shape index (κ2) is 7.79. The van der Waals surface area contributed by atoms with Crippen molar-refractivity contribution in [1.82, 2.24) is 9.78 Å². The number of hydrogen-bond donors (Lipinski definition) is 1. The van der Waals surface area contributed by atoms with Crippen molar-refractivity contribution in [3.63, 3.8) is 0 Å². The summed E-state index contributed by atoms with van der Waals surface area (Å²) in [5, 5.41) is 6.16. The van der Waals surface area contributed by atoms with Crippen LogP contribution in [0.4, 0.5) is 27.6 Å². The van der Waals surface area contributed by atoms with E-state index in [1.807, 2.05) is 0 Å². The van der Waals surface area contributed by atoms with E-state index in [-0.39, 0.29) is 28.8 Å². The maximum absolute atomic E-state index is 13.5. The Hall–Kier alpha value is -3.23. The van der Waals surface area contributed by atoms with Crippen LogP contribution in [0, 0.1) is 17.5 Å². The Balaban J connectivity index is 1.87. The van der Waals surface area contributed by atoms with E-state index in [9.17, 15) is 26.7 Å². The lowest BCUT2D eigenvalue weighted by molar-refractivity contribution is -0.115. The number of carbonyl (C=O) groups is 1. The molecular weight excluding hydrogens is 381 g/mol. The van der Waals surface area contributed by atoms with Gasteiger partial charge in [0.2, 0.25) is 5.91 Å². The van der Waals surface area contributed by atoms with E-state index < -0.39 is 35.5 Å². The Kier molecular flexibility index (Phi) is 5.43. The van der Waals surface area contributed by atoms with Crippen LogP contribution >= 0.6 is 0 Å². The number of hydrogen-bond acceptors (Lipinski definition) is 2. The first-order chi connectivity index (χ1) is 13.3. The number of para-hydroxylation sites is 1. The maximum atomic E-state index is 13.5. The number of rotatable bonds is 5. The third kappa shape index (κ3) is 4.03. The van der Waals surface area contributed by atoms with Gasteiger partial charge in [0.1, 0.15) is 5.69 Å². The summed E-state index contributed by atoms with van der Waals surface area (Å²) in [5.74, 6) is -4.95. The van der Waals surface area contributed by atoms with Crippen LogP contribution in [0.1, 0.15) is 17.7 Å². The van der Waals surface area contributed by atoms with Gasteiger partial charge in [-0.25, -0.2) is 22.0 Å². The quantitative estimate of drug-likeness (QED) is 0.506. The van der Waals surface area contributed by atoms with Crippen molar-refractivity contribution in [3.8, 4) is 11.1 Å². The van der Waals surface area contributed by atoms with Crippen LogP contribution in [0.2, 0.25) is 0 Å². The summed E-state index contributed by atoms with van der Waals surface area (Å²) in [6, 6.07) is 7.71. The van der Waals surface area contributed by atoms with Gasteiger partial charge >= 0.3 is 0 Å². The lowest BCUT2D eigenvalue weighted by atomic mass is 10.0. The van der Waals surface area contributed by atoms with Crippen molar-refractivity contribution in [3.05, 3.63) is 71.3 Å². The normalized spacial score (nSPS) is 11.1. The van der Waals surface area contributed by atoms with Crippen molar-refractivity contribution in [2.24, 2.45) is 7.05 Å². The molecule has 0 atom stereocenters. The maximum Gasteiger partial charge on any atom is 0.282 e. The summed E-state index contributed by atoms with van der Waals surface area (Å²) < 4.78 is 67.5. The summed E-state index contributed by atoms with van der Waals surface area (Å²) in [5.41, 5.74) is 0.0243. The zero-order valence-corrected chi connectivity index (χ0v) is 14.5. The van der Waals surface area contributed by atoms with Crippen molar-refractivity contribution in [1.29, 1.82) is 0 Å². The van der Waals surface area contributed by atoms with Crippen molar-refractivity contribution < 1.29 is 26.7 Å². The van der Waals surface area contributed by atoms with E-state index in [4.69, 9.17) is 0 Å². The number of aromatic nitrogens is 2. The molecule has 4 nitrogen and oxygen atoms in total.